The van der Waals surface area contributed by atoms with Gasteiger partial charge in [0.1, 0.15) is 5.75 Å². The molecule has 3 N–H and O–H groups in total. The Kier molecular flexibility index (Phi) is 7.11. The van der Waals surface area contributed by atoms with Crippen LogP contribution in [0.2, 0.25) is 0 Å². The van der Waals surface area contributed by atoms with E-state index in [4.69, 9.17) is 10.5 Å². The lowest BCUT2D eigenvalue weighted by molar-refractivity contribution is -0.129. The summed E-state index contributed by atoms with van der Waals surface area (Å²) >= 11 is 0. The predicted molar refractivity (Wildman–Crippen MR) is 97.3 cm³/mol. The number of amides is 1. The van der Waals surface area contributed by atoms with E-state index in [0.717, 1.165) is 17.9 Å². The van der Waals surface area contributed by atoms with E-state index >= 15 is 0 Å². The number of nitrogens with one attached hydrogen (secondary N) is 1. The molecule has 2 aromatic rings. The van der Waals surface area contributed by atoms with Gasteiger partial charge in [0, 0.05) is 19.6 Å². The Morgan fingerprint density at radius 1 is 1.08 bits per heavy atom. The number of benzene rings is 2. The second-order valence-electron chi connectivity index (χ2n) is 5.46. The molecule has 1 amide bonds. The molecule has 0 bridgehead atoms. The summed E-state index contributed by atoms with van der Waals surface area (Å²) < 4.78 is 5.28. The second kappa shape index (κ2) is 9.57. The fourth-order valence-corrected chi connectivity index (χ4v) is 2.50. The van der Waals surface area contributed by atoms with Crippen molar-refractivity contribution in [3.63, 3.8) is 0 Å². The standard InChI is InChI=1S/C19H25N3O2/c1-24-18-10-6-5-9-17(18)21-15-19(23)22(14-12-20)13-11-16-7-3-2-4-8-16/h2-10,21H,11-15,20H2,1H3. The Morgan fingerprint density at radius 2 is 1.79 bits per heavy atom. The zero-order valence-corrected chi connectivity index (χ0v) is 14.1. The van der Waals surface area contributed by atoms with Gasteiger partial charge in [-0.2, -0.15) is 0 Å². The predicted octanol–water partition coefficient (Wildman–Crippen LogP) is 2.14. The number of hydrogen-bond acceptors (Lipinski definition) is 4. The molecule has 0 aliphatic heterocycles. The number of anilines is 1. The Morgan fingerprint density at radius 3 is 2.50 bits per heavy atom. The lowest BCUT2D eigenvalue weighted by Gasteiger charge is -2.23. The fourth-order valence-electron chi connectivity index (χ4n) is 2.50. The van der Waals surface area contributed by atoms with E-state index in [1.165, 1.54) is 5.56 Å². The van der Waals surface area contributed by atoms with Crippen LogP contribution in [-0.2, 0) is 11.2 Å². The highest BCUT2D eigenvalue weighted by molar-refractivity contribution is 5.81. The molecule has 24 heavy (non-hydrogen) atoms. The summed E-state index contributed by atoms with van der Waals surface area (Å²) in [6.07, 6.45) is 0.821. The zero-order chi connectivity index (χ0) is 17.2. The minimum atomic E-state index is 0.0299. The van der Waals surface area contributed by atoms with Crippen LogP contribution >= 0.6 is 0 Å². The minimum Gasteiger partial charge on any atom is -0.495 e. The van der Waals surface area contributed by atoms with Gasteiger partial charge in [0.2, 0.25) is 5.91 Å². The number of hydrogen-bond donors (Lipinski definition) is 2. The third-order valence-electron chi connectivity index (χ3n) is 3.80. The Hall–Kier alpha value is -2.53. The monoisotopic (exact) mass is 327 g/mol. The van der Waals surface area contributed by atoms with E-state index in [0.29, 0.717) is 19.6 Å². The summed E-state index contributed by atoms with van der Waals surface area (Å²) in [4.78, 5) is 14.3. The molecule has 0 atom stereocenters. The maximum Gasteiger partial charge on any atom is 0.241 e. The van der Waals surface area contributed by atoms with Crippen LogP contribution in [0.3, 0.4) is 0 Å². The summed E-state index contributed by atoms with van der Waals surface area (Å²) in [6, 6.07) is 17.7. The number of carbonyl (C=O) groups excluding carboxylic acids is 1. The van der Waals surface area contributed by atoms with Crippen LogP contribution in [0.15, 0.2) is 54.6 Å². The van der Waals surface area contributed by atoms with Gasteiger partial charge in [-0.15, -0.1) is 0 Å². The number of nitrogens with two attached hydrogens (primary N) is 1. The molecule has 0 spiro atoms. The van der Waals surface area contributed by atoms with Gasteiger partial charge in [0.05, 0.1) is 19.3 Å². The molecule has 5 nitrogen and oxygen atoms in total. The highest BCUT2D eigenvalue weighted by Gasteiger charge is 2.13. The first-order valence-corrected chi connectivity index (χ1v) is 8.13. The Balaban J connectivity index is 1.91. The van der Waals surface area contributed by atoms with Crippen LogP contribution in [0.4, 0.5) is 5.69 Å². The Labute approximate surface area is 143 Å². The number of methoxy groups -OCH3 is 1. The molecule has 2 rings (SSSR count). The molecule has 0 aliphatic carbocycles. The number of para-hydroxylation sites is 2. The average Bonchev–Trinajstić information content (AvgIpc) is 2.64. The quantitative estimate of drug-likeness (QED) is 0.740. The van der Waals surface area contributed by atoms with Crippen molar-refractivity contribution in [1.82, 2.24) is 4.90 Å². The smallest absolute Gasteiger partial charge is 0.241 e. The van der Waals surface area contributed by atoms with E-state index < -0.39 is 0 Å². The highest BCUT2D eigenvalue weighted by Crippen LogP contribution is 2.22. The number of carbonyl (C=O) groups is 1. The van der Waals surface area contributed by atoms with Crippen molar-refractivity contribution in [2.24, 2.45) is 5.73 Å². The van der Waals surface area contributed by atoms with E-state index in [1.54, 1.807) is 12.0 Å². The van der Waals surface area contributed by atoms with E-state index in [9.17, 15) is 4.79 Å². The second-order valence-corrected chi connectivity index (χ2v) is 5.46. The highest BCUT2D eigenvalue weighted by atomic mass is 16.5. The summed E-state index contributed by atoms with van der Waals surface area (Å²) in [5.41, 5.74) is 7.68. The molecule has 0 aromatic heterocycles. The maximum absolute atomic E-state index is 12.5. The van der Waals surface area contributed by atoms with Crippen molar-refractivity contribution in [2.45, 2.75) is 6.42 Å². The summed E-state index contributed by atoms with van der Waals surface area (Å²) in [7, 11) is 1.61. The number of ether oxygens (including phenoxy) is 1. The van der Waals surface area contributed by atoms with Crippen LogP contribution in [0.25, 0.3) is 0 Å². The minimum absolute atomic E-state index is 0.0299. The molecule has 128 valence electrons. The third kappa shape index (κ3) is 5.28. The van der Waals surface area contributed by atoms with Gasteiger partial charge in [0.15, 0.2) is 0 Å². The summed E-state index contributed by atoms with van der Waals surface area (Å²) in [6.45, 7) is 1.89. The number of nitrogens with zero attached hydrogens (tertiary/aromatic N) is 1. The average molecular weight is 327 g/mol. The van der Waals surface area contributed by atoms with E-state index in [2.05, 4.69) is 17.4 Å². The van der Waals surface area contributed by atoms with Crippen molar-refractivity contribution in [2.75, 3.05) is 38.6 Å². The van der Waals surface area contributed by atoms with Gasteiger partial charge in [-0.3, -0.25) is 4.79 Å². The van der Waals surface area contributed by atoms with Gasteiger partial charge in [-0.25, -0.2) is 0 Å². The lowest BCUT2D eigenvalue weighted by Crippen LogP contribution is -2.40. The van der Waals surface area contributed by atoms with Gasteiger partial charge < -0.3 is 20.7 Å². The van der Waals surface area contributed by atoms with Gasteiger partial charge in [-0.1, -0.05) is 42.5 Å². The molecule has 0 saturated carbocycles. The molecule has 0 heterocycles. The van der Waals surface area contributed by atoms with Crippen LogP contribution in [0.1, 0.15) is 5.56 Å². The number of rotatable bonds is 9. The molecule has 0 radical (unpaired) electrons. The molecular formula is C19H25N3O2. The van der Waals surface area contributed by atoms with Gasteiger partial charge in [-0.05, 0) is 24.1 Å². The first kappa shape index (κ1) is 17.8. The molecule has 0 unspecified atom stereocenters. The van der Waals surface area contributed by atoms with Crippen LogP contribution < -0.4 is 15.8 Å². The molecular weight excluding hydrogens is 302 g/mol. The van der Waals surface area contributed by atoms with Crippen molar-refractivity contribution < 1.29 is 9.53 Å². The van der Waals surface area contributed by atoms with Crippen LogP contribution in [-0.4, -0.2) is 44.1 Å². The normalized spacial score (nSPS) is 10.2. The lowest BCUT2D eigenvalue weighted by atomic mass is 10.1. The van der Waals surface area contributed by atoms with Crippen LogP contribution in [0, 0.1) is 0 Å². The maximum atomic E-state index is 12.5. The fraction of sp³-hybridized carbons (Fsp3) is 0.316. The van der Waals surface area contributed by atoms with E-state index in [1.807, 2.05) is 42.5 Å². The Bertz CT molecular complexity index is 632. The third-order valence-corrected chi connectivity index (χ3v) is 3.80. The molecule has 5 heteroatoms. The van der Waals surface area contributed by atoms with E-state index in [-0.39, 0.29) is 12.5 Å². The van der Waals surface area contributed by atoms with Gasteiger partial charge >= 0.3 is 0 Å². The molecule has 0 aliphatic rings. The van der Waals surface area contributed by atoms with Crippen molar-refractivity contribution in [3.05, 3.63) is 60.2 Å². The van der Waals surface area contributed by atoms with Gasteiger partial charge in [0.25, 0.3) is 0 Å². The van der Waals surface area contributed by atoms with Crippen molar-refractivity contribution in [3.8, 4) is 5.75 Å². The van der Waals surface area contributed by atoms with Crippen LogP contribution in [0.5, 0.6) is 5.75 Å². The first-order valence-electron chi connectivity index (χ1n) is 8.13. The molecule has 0 saturated heterocycles. The summed E-state index contributed by atoms with van der Waals surface area (Å²) in [5.74, 6) is 0.752. The topological polar surface area (TPSA) is 67.6 Å². The largest absolute Gasteiger partial charge is 0.495 e. The summed E-state index contributed by atoms with van der Waals surface area (Å²) in [5, 5.41) is 3.14. The zero-order valence-electron chi connectivity index (χ0n) is 14.1. The SMILES string of the molecule is COc1ccccc1NCC(=O)N(CCN)CCc1ccccc1. The van der Waals surface area contributed by atoms with Crippen molar-refractivity contribution >= 4 is 11.6 Å². The van der Waals surface area contributed by atoms with Crippen molar-refractivity contribution in [1.29, 1.82) is 0 Å². The molecule has 0 fully saturated rings. The first-order chi connectivity index (χ1) is 11.7. The molecule has 2 aromatic carbocycles.